The third-order valence-corrected chi connectivity index (χ3v) is 18.3. The van der Waals surface area contributed by atoms with Crippen molar-refractivity contribution in [3.05, 3.63) is 313 Å². The zero-order valence-electron chi connectivity index (χ0n) is 46.3. The lowest BCUT2D eigenvalue weighted by Crippen LogP contribution is -2.40. The third kappa shape index (κ3) is 8.09. The van der Waals surface area contributed by atoms with Gasteiger partial charge in [0.2, 0.25) is 0 Å². The molecule has 0 heterocycles. The molecule has 0 amide bonds. The Morgan fingerprint density at radius 1 is 0.321 bits per heavy atom. The highest BCUT2D eigenvalue weighted by Crippen LogP contribution is 2.44. The van der Waals surface area contributed by atoms with Crippen molar-refractivity contribution in [2.24, 2.45) is 5.92 Å². The lowest BCUT2D eigenvalue weighted by Gasteiger charge is -2.34. The number of nitrogens with zero attached hydrogens (tertiary/aromatic N) is 2. The van der Waals surface area contributed by atoms with Crippen LogP contribution in [0.15, 0.2) is 303 Å². The van der Waals surface area contributed by atoms with E-state index in [1.165, 1.54) is 142 Å². The van der Waals surface area contributed by atoms with Crippen molar-refractivity contribution >= 4 is 121 Å². The van der Waals surface area contributed by atoms with Gasteiger partial charge in [-0.2, -0.15) is 0 Å². The van der Waals surface area contributed by atoms with Crippen molar-refractivity contribution in [2.75, 3.05) is 9.80 Å². The van der Waals surface area contributed by atoms with Gasteiger partial charge in [0.15, 0.2) is 0 Å². The first-order valence-corrected chi connectivity index (χ1v) is 29.6. The smallest absolute Gasteiger partial charge is 0.0566 e. The van der Waals surface area contributed by atoms with Gasteiger partial charge in [0.25, 0.3) is 0 Å². The highest BCUT2D eigenvalue weighted by atomic mass is 15.2. The van der Waals surface area contributed by atoms with E-state index in [9.17, 15) is 0 Å². The fourth-order valence-corrected chi connectivity index (χ4v) is 14.2. The first-order chi connectivity index (χ1) is 41.6. The van der Waals surface area contributed by atoms with Gasteiger partial charge < -0.3 is 9.80 Å². The molecule has 0 bridgehead atoms. The van der Waals surface area contributed by atoms with Crippen LogP contribution in [0.5, 0.6) is 0 Å². The number of allylic oxidation sites excluding steroid dienone is 7. The summed E-state index contributed by atoms with van der Waals surface area (Å²) in [5.74, 6) is 0.369. The first kappa shape index (κ1) is 48.2. The molecule has 0 fully saturated rings. The standard InChI is InChI=1S/C82H56N2/c1-5-19-59-47-67(35-29-53(59)13-1)83(68-36-30-54-14-2-6-20-60(54)48-68)71-39-43-77-79(51-71)81(65-33-41-75-63(45-65)27-25-57-17-9-11-23-73(57)75)78-44-40-72(52-80(78)82(77)66-34-42-76-64(46-66)28-26-58-18-10-12-24-74(58)76)84(69-37-31-55-15-3-7-21-61(55)49-69)70-38-32-56-16-4-8-22-62(56)50-70/h1-31,33-38,40-52,56,71H,32,39H2. The number of anilines is 4. The quantitative estimate of drug-likeness (QED) is 0.140. The van der Waals surface area contributed by atoms with Gasteiger partial charge in [-0.1, -0.05) is 237 Å². The molecule has 0 radical (unpaired) electrons. The highest BCUT2D eigenvalue weighted by molar-refractivity contribution is 6.14. The third-order valence-electron chi connectivity index (χ3n) is 18.3. The fourth-order valence-electron chi connectivity index (χ4n) is 14.2. The number of benzene rings is 14. The van der Waals surface area contributed by atoms with Crippen LogP contribution in [0.4, 0.5) is 22.7 Å². The minimum absolute atomic E-state index is 0.0299. The van der Waals surface area contributed by atoms with Crippen LogP contribution in [0.2, 0.25) is 0 Å². The number of fused-ring (bicyclic) bond motifs is 12. The Bertz CT molecular complexity index is 5280. The molecule has 17 rings (SSSR count). The molecule has 14 aromatic rings. The van der Waals surface area contributed by atoms with Crippen LogP contribution in [0.25, 0.3) is 121 Å². The van der Waals surface area contributed by atoms with Crippen molar-refractivity contribution in [3.63, 3.8) is 0 Å². The van der Waals surface area contributed by atoms with E-state index in [2.05, 4.69) is 313 Å². The Morgan fingerprint density at radius 2 is 0.786 bits per heavy atom. The van der Waals surface area contributed by atoms with Crippen LogP contribution in [-0.4, -0.2) is 6.04 Å². The molecule has 3 aliphatic rings. The molecule has 0 saturated carbocycles. The zero-order chi connectivity index (χ0) is 55.2. The Kier molecular flexibility index (Phi) is 11.2. The first-order valence-electron chi connectivity index (χ1n) is 29.6. The van der Waals surface area contributed by atoms with Crippen molar-refractivity contribution in [3.8, 4) is 22.3 Å². The molecule has 2 heteroatoms. The predicted molar refractivity (Wildman–Crippen MR) is 360 cm³/mol. The molecule has 3 aliphatic carbocycles. The SMILES string of the molecule is C1=CC2=CC(N(c3ccc4ccccc4c3)c3ccc4c(-c5ccc6c(ccc7ccccc76)c5)c5c(c(-c6ccc7c(ccc8ccccc87)c6)c4c3)=CCC(N(c3ccc4ccccc4c3)c3ccc4ccccc4c3)C=5)=CCC2C=C1. The maximum absolute atomic E-state index is 2.62. The summed E-state index contributed by atoms with van der Waals surface area (Å²) in [4.78, 5) is 5.10. The van der Waals surface area contributed by atoms with Gasteiger partial charge in [-0.15, -0.1) is 0 Å². The van der Waals surface area contributed by atoms with E-state index < -0.39 is 0 Å². The molecule has 84 heavy (non-hydrogen) atoms. The topological polar surface area (TPSA) is 6.48 Å². The van der Waals surface area contributed by atoms with Crippen molar-refractivity contribution in [2.45, 2.75) is 18.9 Å². The molecule has 0 aromatic heterocycles. The normalized spacial score (nSPS) is 15.5. The van der Waals surface area contributed by atoms with E-state index in [-0.39, 0.29) is 6.04 Å². The second kappa shape index (κ2) is 19.6. The summed E-state index contributed by atoms with van der Waals surface area (Å²) in [5.41, 5.74) is 12.0. The molecular formula is C82H56N2. The van der Waals surface area contributed by atoms with Crippen molar-refractivity contribution < 1.29 is 0 Å². The largest absolute Gasteiger partial charge is 0.334 e. The van der Waals surface area contributed by atoms with Crippen molar-refractivity contribution in [1.29, 1.82) is 0 Å². The number of hydrogen-bond acceptors (Lipinski definition) is 2. The van der Waals surface area contributed by atoms with E-state index in [0.29, 0.717) is 5.92 Å². The van der Waals surface area contributed by atoms with Crippen LogP contribution in [-0.2, 0) is 0 Å². The molecule has 0 aliphatic heterocycles. The van der Waals surface area contributed by atoms with E-state index in [0.717, 1.165) is 24.2 Å². The highest BCUT2D eigenvalue weighted by Gasteiger charge is 2.27. The molecule has 2 nitrogen and oxygen atoms in total. The Morgan fingerprint density at radius 3 is 1.39 bits per heavy atom. The molecule has 2 unspecified atom stereocenters. The van der Waals surface area contributed by atoms with Gasteiger partial charge in [-0.3, -0.25) is 0 Å². The van der Waals surface area contributed by atoms with E-state index in [4.69, 9.17) is 0 Å². The van der Waals surface area contributed by atoms with Crippen LogP contribution >= 0.6 is 0 Å². The summed E-state index contributed by atoms with van der Waals surface area (Å²) in [6.45, 7) is 0. The van der Waals surface area contributed by atoms with Gasteiger partial charge in [-0.05, 0) is 204 Å². The Labute approximate surface area is 488 Å². The molecule has 2 atom stereocenters. The maximum atomic E-state index is 2.62. The summed E-state index contributed by atoms with van der Waals surface area (Å²) in [5, 5.41) is 22.3. The summed E-state index contributed by atoms with van der Waals surface area (Å²) in [7, 11) is 0. The molecule has 0 saturated heterocycles. The molecule has 394 valence electrons. The van der Waals surface area contributed by atoms with Crippen LogP contribution < -0.4 is 20.2 Å². The summed E-state index contributed by atoms with van der Waals surface area (Å²) >= 11 is 0. The molecule has 14 aromatic carbocycles. The van der Waals surface area contributed by atoms with Crippen LogP contribution in [0, 0.1) is 5.92 Å². The molecular weight excluding hydrogens is 1010 g/mol. The number of rotatable bonds is 8. The van der Waals surface area contributed by atoms with Gasteiger partial charge in [0.05, 0.1) is 6.04 Å². The van der Waals surface area contributed by atoms with E-state index >= 15 is 0 Å². The van der Waals surface area contributed by atoms with Gasteiger partial charge in [0.1, 0.15) is 0 Å². The van der Waals surface area contributed by atoms with Crippen LogP contribution in [0.1, 0.15) is 12.8 Å². The second-order valence-corrected chi connectivity index (χ2v) is 23.1. The predicted octanol–water partition coefficient (Wildman–Crippen LogP) is 20.5. The second-order valence-electron chi connectivity index (χ2n) is 23.1. The lowest BCUT2D eigenvalue weighted by atomic mass is 9.83. The summed E-state index contributed by atoms with van der Waals surface area (Å²) in [6.07, 6.45) is 20.8. The number of hydrogen-bond donors (Lipinski definition) is 0. The minimum atomic E-state index is -0.0299. The molecule has 0 N–H and O–H groups in total. The maximum Gasteiger partial charge on any atom is 0.0566 e. The Hall–Kier alpha value is -10.5. The van der Waals surface area contributed by atoms with Crippen molar-refractivity contribution in [1.82, 2.24) is 0 Å². The Balaban J connectivity index is 0.968. The van der Waals surface area contributed by atoms with Crippen LogP contribution in [0.3, 0.4) is 0 Å². The average Bonchev–Trinajstić information content (AvgIpc) is 2.10. The zero-order valence-corrected chi connectivity index (χ0v) is 46.3. The van der Waals surface area contributed by atoms with E-state index in [1.54, 1.807) is 0 Å². The van der Waals surface area contributed by atoms with Gasteiger partial charge >= 0.3 is 0 Å². The lowest BCUT2D eigenvalue weighted by molar-refractivity contribution is 0.768. The summed E-state index contributed by atoms with van der Waals surface area (Å²) in [6, 6.07) is 95.7. The average molecular weight is 1070 g/mol. The fraction of sp³-hybridized carbons (Fsp3) is 0.0488. The van der Waals surface area contributed by atoms with Gasteiger partial charge in [-0.25, -0.2) is 0 Å². The monoisotopic (exact) mass is 1070 g/mol. The minimum Gasteiger partial charge on any atom is -0.334 e. The summed E-state index contributed by atoms with van der Waals surface area (Å²) < 4.78 is 0. The van der Waals surface area contributed by atoms with Gasteiger partial charge in [0, 0.05) is 34.4 Å². The molecule has 0 spiro atoms. The van der Waals surface area contributed by atoms with E-state index in [1.807, 2.05) is 0 Å².